The summed E-state index contributed by atoms with van der Waals surface area (Å²) in [6, 6.07) is 91.1. The first kappa shape index (κ1) is 37.6. The lowest BCUT2D eigenvalue weighted by Crippen LogP contribution is -2.26. The van der Waals surface area contributed by atoms with Crippen LogP contribution < -0.4 is 4.90 Å². The van der Waals surface area contributed by atoms with Crippen LogP contribution in [0.1, 0.15) is 22.3 Å². The number of fused-ring (bicyclic) bond motifs is 15. The fourth-order valence-electron chi connectivity index (χ4n) is 11.7. The number of hydrogen-bond donors (Lipinski definition) is 0. The van der Waals surface area contributed by atoms with Crippen LogP contribution in [-0.2, 0) is 5.41 Å². The van der Waals surface area contributed by atoms with Gasteiger partial charge in [-0.05, 0) is 114 Å². The highest BCUT2D eigenvalue weighted by Crippen LogP contribution is 2.65. The highest BCUT2D eigenvalue weighted by molar-refractivity contribution is 6.23. The van der Waals surface area contributed by atoms with E-state index in [1.807, 2.05) is 0 Å². The normalized spacial score (nSPS) is 12.9. The van der Waals surface area contributed by atoms with Gasteiger partial charge in [0.25, 0.3) is 0 Å². The molecule has 11 aromatic carbocycles. The van der Waals surface area contributed by atoms with E-state index < -0.39 is 5.41 Å². The summed E-state index contributed by atoms with van der Waals surface area (Å²) in [6.45, 7) is 0. The third-order valence-corrected chi connectivity index (χ3v) is 14.5. The van der Waals surface area contributed by atoms with Gasteiger partial charge in [-0.15, -0.1) is 0 Å². The predicted molar refractivity (Wildman–Crippen MR) is 279 cm³/mol. The topological polar surface area (TPSA) is 16.4 Å². The largest absolute Gasteiger partial charge is 0.455 e. The molecule has 2 aliphatic rings. The molecule has 1 heterocycles. The zero-order chi connectivity index (χ0) is 44.1. The molecule has 14 rings (SSSR count). The van der Waals surface area contributed by atoms with E-state index in [9.17, 15) is 0 Å². The first-order chi connectivity index (χ1) is 33.3. The second-order valence-corrected chi connectivity index (χ2v) is 17.9. The van der Waals surface area contributed by atoms with E-state index in [2.05, 4.69) is 254 Å². The van der Waals surface area contributed by atoms with Gasteiger partial charge in [0.2, 0.25) is 0 Å². The van der Waals surface area contributed by atoms with Gasteiger partial charge in [-0.2, -0.15) is 0 Å². The summed E-state index contributed by atoms with van der Waals surface area (Å²) < 4.78 is 7.05. The van der Waals surface area contributed by atoms with E-state index in [0.29, 0.717) is 0 Å². The average molecular weight is 852 g/mol. The van der Waals surface area contributed by atoms with Crippen molar-refractivity contribution in [3.05, 3.63) is 271 Å². The maximum atomic E-state index is 7.05. The summed E-state index contributed by atoms with van der Waals surface area (Å²) in [5, 5.41) is 4.42. The van der Waals surface area contributed by atoms with Crippen LogP contribution in [0.25, 0.3) is 88.3 Å². The van der Waals surface area contributed by atoms with Crippen molar-refractivity contribution in [1.29, 1.82) is 0 Å². The molecule has 312 valence electrons. The van der Waals surface area contributed by atoms with Crippen molar-refractivity contribution >= 4 is 49.8 Å². The molecule has 12 aromatic rings. The Morgan fingerprint density at radius 2 is 0.791 bits per heavy atom. The Bertz CT molecular complexity index is 3860. The van der Waals surface area contributed by atoms with Gasteiger partial charge in [-0.25, -0.2) is 0 Å². The Kier molecular flexibility index (Phi) is 8.23. The van der Waals surface area contributed by atoms with Crippen LogP contribution in [0.5, 0.6) is 0 Å². The van der Waals surface area contributed by atoms with Crippen LogP contribution in [0.15, 0.2) is 253 Å². The Morgan fingerprint density at radius 3 is 1.45 bits per heavy atom. The van der Waals surface area contributed by atoms with Crippen molar-refractivity contribution < 1.29 is 4.42 Å². The van der Waals surface area contributed by atoms with Crippen molar-refractivity contribution in [2.45, 2.75) is 5.41 Å². The molecule has 0 saturated carbocycles. The van der Waals surface area contributed by atoms with Gasteiger partial charge in [-0.3, -0.25) is 0 Å². The van der Waals surface area contributed by atoms with Crippen LogP contribution in [-0.4, -0.2) is 0 Å². The van der Waals surface area contributed by atoms with Gasteiger partial charge in [0, 0.05) is 22.0 Å². The van der Waals surface area contributed by atoms with Crippen molar-refractivity contribution in [3.63, 3.8) is 0 Å². The Morgan fingerprint density at radius 1 is 0.313 bits per heavy atom. The van der Waals surface area contributed by atoms with E-state index in [1.54, 1.807) is 0 Å². The first-order valence-corrected chi connectivity index (χ1v) is 23.2. The standard InChI is InChI=1S/C65H41NO/c1-3-17-42(18-4-1)44-33-35-46(36-34-44)53-41-54-63-60(31-16-32-61(63)67-64(54)51-24-8-7-21-48(51)53)66(47-39-37-45(38-40-47)43-19-5-2-6-20-43)59-30-15-29-58-62(59)52-25-11-14-28-57(52)65(58)55-26-12-9-22-49(55)50-23-10-13-27-56(50)65/h1-41H. The lowest BCUT2D eigenvalue weighted by molar-refractivity contribution is 0.672. The average Bonchev–Trinajstić information content (AvgIpc) is 4.04. The molecule has 0 unspecified atom stereocenters. The fourth-order valence-corrected chi connectivity index (χ4v) is 11.7. The fraction of sp³-hybridized carbons (Fsp3) is 0.0154. The third-order valence-electron chi connectivity index (χ3n) is 14.5. The highest BCUT2D eigenvalue weighted by atomic mass is 16.3. The van der Waals surface area contributed by atoms with E-state index in [4.69, 9.17) is 4.42 Å². The molecule has 0 saturated heterocycles. The molecule has 0 bridgehead atoms. The minimum atomic E-state index is -0.476. The van der Waals surface area contributed by atoms with Crippen LogP contribution in [0, 0.1) is 0 Å². The maximum absolute atomic E-state index is 7.05. The summed E-state index contributed by atoms with van der Waals surface area (Å²) >= 11 is 0. The highest BCUT2D eigenvalue weighted by Gasteiger charge is 2.52. The van der Waals surface area contributed by atoms with E-state index in [0.717, 1.165) is 55.3 Å². The molecule has 2 heteroatoms. The van der Waals surface area contributed by atoms with E-state index in [1.165, 1.54) is 72.3 Å². The SMILES string of the molecule is c1ccc(-c2ccc(-c3cc4c(oc5cccc(N(c6ccc(-c7ccccc7)cc6)c6cccc7c6-c6ccccc6C76c7ccccc7-c7ccccc76)c54)c4ccccc34)cc2)cc1. The van der Waals surface area contributed by atoms with Crippen LogP contribution >= 0.6 is 0 Å². The molecule has 0 N–H and O–H groups in total. The molecular weight excluding hydrogens is 811 g/mol. The molecule has 0 radical (unpaired) electrons. The van der Waals surface area contributed by atoms with Crippen molar-refractivity contribution in [3.8, 4) is 55.6 Å². The molecule has 2 nitrogen and oxygen atoms in total. The quantitative estimate of drug-likeness (QED) is 0.166. The number of rotatable bonds is 6. The summed E-state index contributed by atoms with van der Waals surface area (Å²) in [4.78, 5) is 2.50. The molecule has 2 aliphatic carbocycles. The summed E-state index contributed by atoms with van der Waals surface area (Å²) in [6.07, 6.45) is 0. The van der Waals surface area contributed by atoms with Crippen LogP contribution in [0.2, 0.25) is 0 Å². The molecule has 67 heavy (non-hydrogen) atoms. The molecule has 0 atom stereocenters. The second kappa shape index (κ2) is 14.7. The monoisotopic (exact) mass is 851 g/mol. The minimum Gasteiger partial charge on any atom is -0.455 e. The zero-order valence-electron chi connectivity index (χ0n) is 36.5. The number of nitrogens with zero attached hydrogens (tertiary/aromatic N) is 1. The molecule has 0 fully saturated rings. The van der Waals surface area contributed by atoms with Crippen molar-refractivity contribution in [2.75, 3.05) is 4.90 Å². The van der Waals surface area contributed by atoms with Gasteiger partial charge in [0.15, 0.2) is 0 Å². The predicted octanol–water partition coefficient (Wildman–Crippen LogP) is 17.6. The second-order valence-electron chi connectivity index (χ2n) is 17.9. The number of hydrogen-bond acceptors (Lipinski definition) is 2. The third kappa shape index (κ3) is 5.45. The lowest BCUT2D eigenvalue weighted by atomic mass is 9.70. The van der Waals surface area contributed by atoms with Crippen molar-refractivity contribution in [2.24, 2.45) is 0 Å². The number of anilines is 3. The van der Waals surface area contributed by atoms with Gasteiger partial charge < -0.3 is 9.32 Å². The Balaban J connectivity index is 1.05. The number of benzene rings is 11. The van der Waals surface area contributed by atoms with Crippen molar-refractivity contribution in [1.82, 2.24) is 0 Å². The van der Waals surface area contributed by atoms with Gasteiger partial charge >= 0.3 is 0 Å². The first-order valence-electron chi connectivity index (χ1n) is 23.2. The van der Waals surface area contributed by atoms with Gasteiger partial charge in [0.1, 0.15) is 11.2 Å². The minimum absolute atomic E-state index is 0.476. The molecule has 0 amide bonds. The van der Waals surface area contributed by atoms with Gasteiger partial charge in [0.05, 0.1) is 22.2 Å². The van der Waals surface area contributed by atoms with E-state index in [-0.39, 0.29) is 0 Å². The lowest BCUT2D eigenvalue weighted by Gasteiger charge is -2.32. The maximum Gasteiger partial charge on any atom is 0.143 e. The Labute approximate surface area is 389 Å². The summed E-state index contributed by atoms with van der Waals surface area (Å²) in [5.41, 5.74) is 22.0. The molecular formula is C65H41NO. The smallest absolute Gasteiger partial charge is 0.143 e. The Hall–Kier alpha value is -8.72. The number of furan rings is 1. The summed E-state index contributed by atoms with van der Waals surface area (Å²) in [7, 11) is 0. The van der Waals surface area contributed by atoms with Crippen LogP contribution in [0.3, 0.4) is 0 Å². The summed E-state index contributed by atoms with van der Waals surface area (Å²) in [5.74, 6) is 0. The van der Waals surface area contributed by atoms with E-state index >= 15 is 0 Å². The van der Waals surface area contributed by atoms with Crippen LogP contribution in [0.4, 0.5) is 17.1 Å². The molecule has 0 aliphatic heterocycles. The zero-order valence-corrected chi connectivity index (χ0v) is 36.5. The molecule has 1 spiro atoms. The van der Waals surface area contributed by atoms with Gasteiger partial charge in [-0.1, -0.05) is 212 Å². The molecule has 1 aromatic heterocycles.